The van der Waals surface area contributed by atoms with Crippen LogP contribution in [0.2, 0.25) is 0 Å². The van der Waals surface area contributed by atoms with Gasteiger partial charge in [0.2, 0.25) is 0 Å². The minimum atomic E-state index is 0.441. The summed E-state index contributed by atoms with van der Waals surface area (Å²) in [7, 11) is 0. The third kappa shape index (κ3) is 3.32. The Bertz CT molecular complexity index is 329. The van der Waals surface area contributed by atoms with Crippen LogP contribution in [0.15, 0.2) is 18.5 Å². The van der Waals surface area contributed by atoms with Gasteiger partial charge in [0, 0.05) is 24.5 Å². The van der Waals surface area contributed by atoms with Crippen molar-refractivity contribution in [2.45, 2.75) is 65.1 Å². The highest BCUT2D eigenvalue weighted by Gasteiger charge is 2.32. The highest BCUT2D eigenvalue weighted by molar-refractivity contribution is 4.89. The Balaban J connectivity index is 1.87. The van der Waals surface area contributed by atoms with Crippen molar-refractivity contribution in [3.8, 4) is 0 Å². The Labute approximate surface area is 105 Å². The molecule has 1 fully saturated rings. The van der Waals surface area contributed by atoms with Gasteiger partial charge in [0.25, 0.3) is 0 Å². The molecule has 3 nitrogen and oxygen atoms in total. The van der Waals surface area contributed by atoms with E-state index < -0.39 is 0 Å². The summed E-state index contributed by atoms with van der Waals surface area (Å²) in [5, 5.41) is 8.05. The summed E-state index contributed by atoms with van der Waals surface area (Å²) in [6.07, 6.45) is 9.30. The van der Waals surface area contributed by atoms with E-state index in [2.05, 4.69) is 31.2 Å². The lowest BCUT2D eigenvalue weighted by molar-refractivity contribution is 0.153. The molecule has 2 atom stereocenters. The molecule has 3 heteroatoms. The number of nitrogens with zero attached hydrogens (tertiary/aromatic N) is 2. The molecule has 1 saturated carbocycles. The molecule has 2 rings (SSSR count). The van der Waals surface area contributed by atoms with Crippen LogP contribution in [0.5, 0.6) is 0 Å². The van der Waals surface area contributed by atoms with Crippen LogP contribution in [0.3, 0.4) is 0 Å². The summed E-state index contributed by atoms with van der Waals surface area (Å²) < 4.78 is 2.01. The maximum Gasteiger partial charge on any atom is 0.0560 e. The molecule has 0 spiro atoms. The van der Waals surface area contributed by atoms with E-state index in [4.69, 9.17) is 0 Å². The fourth-order valence-corrected chi connectivity index (χ4v) is 2.89. The van der Waals surface area contributed by atoms with Crippen LogP contribution in [0, 0.1) is 5.41 Å². The number of nitrogens with one attached hydrogen (secondary N) is 1. The zero-order chi connectivity index (χ0) is 12.3. The van der Waals surface area contributed by atoms with E-state index in [-0.39, 0.29) is 0 Å². The minimum Gasteiger partial charge on any atom is -0.309 e. The van der Waals surface area contributed by atoms with Gasteiger partial charge in [-0.1, -0.05) is 26.7 Å². The van der Waals surface area contributed by atoms with E-state index in [9.17, 15) is 0 Å². The lowest BCUT2D eigenvalue weighted by Crippen LogP contribution is -2.48. The maximum absolute atomic E-state index is 4.26. The molecular weight excluding hydrogens is 210 g/mol. The summed E-state index contributed by atoms with van der Waals surface area (Å²) in [4.78, 5) is 0. The maximum atomic E-state index is 4.26. The van der Waals surface area contributed by atoms with Gasteiger partial charge < -0.3 is 5.32 Å². The smallest absolute Gasteiger partial charge is 0.0560 e. The number of hydrogen-bond acceptors (Lipinski definition) is 2. The molecule has 1 aromatic heterocycles. The molecule has 0 aliphatic heterocycles. The van der Waals surface area contributed by atoms with Crippen molar-refractivity contribution in [3.05, 3.63) is 18.5 Å². The van der Waals surface area contributed by atoms with Crippen molar-refractivity contribution in [1.82, 2.24) is 15.1 Å². The normalized spacial score (nSPS) is 25.7. The van der Waals surface area contributed by atoms with Crippen molar-refractivity contribution in [2.75, 3.05) is 0 Å². The average molecular weight is 235 g/mol. The third-order valence-electron chi connectivity index (χ3n) is 4.01. The second-order valence-corrected chi connectivity index (χ2v) is 6.08. The summed E-state index contributed by atoms with van der Waals surface area (Å²) in [6, 6.07) is 3.12. The standard InChI is InChI=1S/C14H25N3/c1-12(11-17-10-6-9-15-17)16-13-7-4-5-8-14(13,2)3/h6,9-10,12-13,16H,4-5,7-8,11H2,1-3H3. The van der Waals surface area contributed by atoms with E-state index in [0.29, 0.717) is 17.5 Å². The van der Waals surface area contributed by atoms with Crippen LogP contribution in [0.4, 0.5) is 0 Å². The van der Waals surface area contributed by atoms with Crippen LogP contribution in [0.25, 0.3) is 0 Å². The molecule has 1 aliphatic carbocycles. The Kier molecular flexibility index (Phi) is 3.87. The van der Waals surface area contributed by atoms with Crippen molar-refractivity contribution >= 4 is 0 Å². The molecule has 0 radical (unpaired) electrons. The average Bonchev–Trinajstić information content (AvgIpc) is 2.73. The lowest BCUT2D eigenvalue weighted by Gasteiger charge is -2.40. The SMILES string of the molecule is CC(Cn1cccn1)NC1CCCCC1(C)C. The van der Waals surface area contributed by atoms with Crippen LogP contribution in [-0.2, 0) is 6.54 Å². The van der Waals surface area contributed by atoms with Gasteiger partial charge in [0.05, 0.1) is 6.54 Å². The summed E-state index contributed by atoms with van der Waals surface area (Å²) in [6.45, 7) is 8.00. The fraction of sp³-hybridized carbons (Fsp3) is 0.786. The Morgan fingerprint density at radius 1 is 1.47 bits per heavy atom. The highest BCUT2D eigenvalue weighted by Crippen LogP contribution is 2.35. The quantitative estimate of drug-likeness (QED) is 0.869. The van der Waals surface area contributed by atoms with E-state index >= 15 is 0 Å². The second kappa shape index (κ2) is 5.21. The van der Waals surface area contributed by atoms with Crippen LogP contribution >= 0.6 is 0 Å². The van der Waals surface area contributed by atoms with Crippen molar-refractivity contribution < 1.29 is 0 Å². The summed E-state index contributed by atoms with van der Waals surface area (Å²) in [5.74, 6) is 0. The van der Waals surface area contributed by atoms with Crippen molar-refractivity contribution in [3.63, 3.8) is 0 Å². The molecule has 1 heterocycles. The molecule has 0 bridgehead atoms. The van der Waals surface area contributed by atoms with E-state index in [0.717, 1.165) is 6.54 Å². The topological polar surface area (TPSA) is 29.9 Å². The molecule has 17 heavy (non-hydrogen) atoms. The molecular formula is C14H25N3. The summed E-state index contributed by atoms with van der Waals surface area (Å²) >= 11 is 0. The Morgan fingerprint density at radius 2 is 2.29 bits per heavy atom. The van der Waals surface area contributed by atoms with Gasteiger partial charge in [-0.25, -0.2) is 0 Å². The Hall–Kier alpha value is -0.830. The van der Waals surface area contributed by atoms with Crippen LogP contribution < -0.4 is 5.32 Å². The predicted octanol–water partition coefficient (Wildman–Crippen LogP) is 2.83. The number of hydrogen-bond donors (Lipinski definition) is 1. The molecule has 0 saturated heterocycles. The zero-order valence-electron chi connectivity index (χ0n) is 11.3. The van der Waals surface area contributed by atoms with Gasteiger partial charge in [-0.05, 0) is 31.2 Å². The van der Waals surface area contributed by atoms with Gasteiger partial charge in [-0.2, -0.15) is 5.10 Å². The van der Waals surface area contributed by atoms with Gasteiger partial charge in [0.1, 0.15) is 0 Å². The number of aromatic nitrogens is 2. The van der Waals surface area contributed by atoms with E-state index in [1.807, 2.05) is 23.1 Å². The first-order chi connectivity index (χ1) is 8.08. The minimum absolute atomic E-state index is 0.441. The molecule has 1 aliphatic rings. The molecule has 0 amide bonds. The summed E-state index contributed by atoms with van der Waals surface area (Å²) in [5.41, 5.74) is 0.441. The van der Waals surface area contributed by atoms with Gasteiger partial charge in [0.15, 0.2) is 0 Å². The predicted molar refractivity (Wildman–Crippen MR) is 70.9 cm³/mol. The molecule has 0 aromatic carbocycles. The van der Waals surface area contributed by atoms with Crippen molar-refractivity contribution in [2.24, 2.45) is 5.41 Å². The first-order valence-electron chi connectivity index (χ1n) is 6.81. The third-order valence-corrected chi connectivity index (χ3v) is 4.01. The first-order valence-corrected chi connectivity index (χ1v) is 6.81. The lowest BCUT2D eigenvalue weighted by atomic mass is 9.73. The molecule has 1 N–H and O–H groups in total. The molecule has 2 unspecified atom stereocenters. The second-order valence-electron chi connectivity index (χ2n) is 6.08. The highest BCUT2D eigenvalue weighted by atomic mass is 15.3. The molecule has 1 aromatic rings. The van der Waals surface area contributed by atoms with Gasteiger partial charge in [-0.3, -0.25) is 4.68 Å². The van der Waals surface area contributed by atoms with E-state index in [1.165, 1.54) is 25.7 Å². The molecule has 96 valence electrons. The van der Waals surface area contributed by atoms with Crippen LogP contribution in [0.1, 0.15) is 46.5 Å². The van der Waals surface area contributed by atoms with Gasteiger partial charge in [-0.15, -0.1) is 0 Å². The monoisotopic (exact) mass is 235 g/mol. The number of rotatable bonds is 4. The fourth-order valence-electron chi connectivity index (χ4n) is 2.89. The van der Waals surface area contributed by atoms with Crippen molar-refractivity contribution in [1.29, 1.82) is 0 Å². The Morgan fingerprint density at radius 3 is 2.94 bits per heavy atom. The zero-order valence-corrected chi connectivity index (χ0v) is 11.3. The largest absolute Gasteiger partial charge is 0.309 e. The van der Waals surface area contributed by atoms with Crippen LogP contribution in [-0.4, -0.2) is 21.9 Å². The van der Waals surface area contributed by atoms with Gasteiger partial charge >= 0.3 is 0 Å². The van der Waals surface area contributed by atoms with E-state index in [1.54, 1.807) is 0 Å². The first kappa shape index (κ1) is 12.6.